The van der Waals surface area contributed by atoms with Crippen LogP contribution in [-0.4, -0.2) is 0 Å². The summed E-state index contributed by atoms with van der Waals surface area (Å²) in [5.74, 6) is 0. The molecule has 1 heteroatoms. The molecule has 1 unspecified atom stereocenters. The number of benzene rings is 3. The summed E-state index contributed by atoms with van der Waals surface area (Å²) in [5, 5.41) is 3.69. The van der Waals surface area contributed by atoms with Crippen LogP contribution in [0.25, 0.3) is 16.8 Å². The summed E-state index contributed by atoms with van der Waals surface area (Å²) in [6.45, 7) is 4.41. The normalized spacial score (nSPS) is 16.1. The van der Waals surface area contributed by atoms with Crippen LogP contribution >= 0.6 is 0 Å². The van der Waals surface area contributed by atoms with Crippen molar-refractivity contribution >= 4 is 5.70 Å². The number of rotatable bonds is 3. The smallest absolute Gasteiger partial charge is 0.0704 e. The van der Waals surface area contributed by atoms with Crippen molar-refractivity contribution in [3.05, 3.63) is 113 Å². The molecule has 3 aromatic carbocycles. The van der Waals surface area contributed by atoms with E-state index in [1.807, 2.05) is 0 Å². The first kappa shape index (κ1) is 16.4. The van der Waals surface area contributed by atoms with Gasteiger partial charge in [0.25, 0.3) is 0 Å². The van der Waals surface area contributed by atoms with Gasteiger partial charge in [0.2, 0.25) is 0 Å². The minimum Gasteiger partial charge on any atom is -0.374 e. The molecular weight excluding hydrogens is 314 g/mol. The molecule has 1 N–H and O–H groups in total. The average molecular weight is 337 g/mol. The number of hydrogen-bond acceptors (Lipinski definition) is 1. The van der Waals surface area contributed by atoms with Crippen molar-refractivity contribution in [3.63, 3.8) is 0 Å². The van der Waals surface area contributed by atoms with E-state index < -0.39 is 0 Å². The molecule has 4 rings (SSSR count). The van der Waals surface area contributed by atoms with Gasteiger partial charge in [0, 0.05) is 5.70 Å². The second-order valence-electron chi connectivity index (χ2n) is 6.79. The standard InChI is InChI=1S/C25H23N/c1-18-10-6-7-13-21(18)22-14-8-15-23(19(22)2)25-17-9-16-24(26-25)20-11-4-3-5-12-20/h3-17,25-26H,1-2H3. The maximum atomic E-state index is 3.69. The van der Waals surface area contributed by atoms with E-state index in [1.54, 1.807) is 0 Å². The Morgan fingerprint density at radius 1 is 0.731 bits per heavy atom. The van der Waals surface area contributed by atoms with Crippen LogP contribution in [0.15, 0.2) is 91.0 Å². The van der Waals surface area contributed by atoms with Crippen LogP contribution in [0.3, 0.4) is 0 Å². The van der Waals surface area contributed by atoms with Crippen LogP contribution in [0, 0.1) is 13.8 Å². The third kappa shape index (κ3) is 3.09. The molecule has 1 heterocycles. The van der Waals surface area contributed by atoms with Crippen LogP contribution in [0.4, 0.5) is 0 Å². The van der Waals surface area contributed by atoms with Gasteiger partial charge in [-0.15, -0.1) is 0 Å². The molecule has 0 spiro atoms. The lowest BCUT2D eigenvalue weighted by molar-refractivity contribution is 0.758. The number of hydrogen-bond donors (Lipinski definition) is 1. The molecule has 0 saturated heterocycles. The molecule has 3 aromatic rings. The lowest BCUT2D eigenvalue weighted by Crippen LogP contribution is -2.21. The van der Waals surface area contributed by atoms with Gasteiger partial charge in [-0.3, -0.25) is 0 Å². The zero-order chi connectivity index (χ0) is 17.9. The summed E-state index contributed by atoms with van der Waals surface area (Å²) < 4.78 is 0. The third-order valence-electron chi connectivity index (χ3n) is 5.11. The van der Waals surface area contributed by atoms with Crippen molar-refractivity contribution in [1.82, 2.24) is 5.32 Å². The highest BCUT2D eigenvalue weighted by Gasteiger charge is 2.17. The molecule has 0 amide bonds. The molecule has 0 aliphatic carbocycles. The fraction of sp³-hybridized carbons (Fsp3) is 0.120. The fourth-order valence-corrected chi connectivity index (χ4v) is 3.66. The lowest BCUT2D eigenvalue weighted by Gasteiger charge is -2.25. The fourth-order valence-electron chi connectivity index (χ4n) is 3.66. The molecule has 0 aromatic heterocycles. The highest BCUT2D eigenvalue weighted by atomic mass is 14.9. The summed E-state index contributed by atoms with van der Waals surface area (Å²) in [4.78, 5) is 0. The molecule has 0 fully saturated rings. The Morgan fingerprint density at radius 2 is 1.46 bits per heavy atom. The van der Waals surface area contributed by atoms with E-state index in [0.29, 0.717) is 0 Å². The Balaban J connectivity index is 1.70. The zero-order valence-corrected chi connectivity index (χ0v) is 15.2. The Morgan fingerprint density at radius 3 is 2.27 bits per heavy atom. The predicted molar refractivity (Wildman–Crippen MR) is 111 cm³/mol. The van der Waals surface area contributed by atoms with Gasteiger partial charge in [-0.05, 0) is 53.3 Å². The predicted octanol–water partition coefficient (Wildman–Crippen LogP) is 6.21. The first-order valence-electron chi connectivity index (χ1n) is 9.10. The maximum absolute atomic E-state index is 3.69. The molecule has 1 atom stereocenters. The number of aryl methyl sites for hydroxylation is 1. The number of nitrogens with one attached hydrogen (secondary N) is 1. The summed E-state index contributed by atoms with van der Waals surface area (Å²) in [6, 6.07) is 25.9. The molecule has 1 aliphatic rings. The molecule has 0 radical (unpaired) electrons. The van der Waals surface area contributed by atoms with Gasteiger partial charge in [0.05, 0.1) is 6.04 Å². The number of dihydropyridines is 1. The van der Waals surface area contributed by atoms with Crippen molar-refractivity contribution in [2.45, 2.75) is 19.9 Å². The minimum absolute atomic E-state index is 0.180. The monoisotopic (exact) mass is 337 g/mol. The molecule has 128 valence electrons. The Hall–Kier alpha value is -3.06. The molecule has 0 bridgehead atoms. The molecule has 26 heavy (non-hydrogen) atoms. The average Bonchev–Trinajstić information content (AvgIpc) is 2.70. The quantitative estimate of drug-likeness (QED) is 0.599. The molecule has 1 aliphatic heterocycles. The van der Waals surface area contributed by atoms with Crippen LogP contribution < -0.4 is 5.32 Å². The van der Waals surface area contributed by atoms with Crippen molar-refractivity contribution in [2.75, 3.05) is 0 Å². The lowest BCUT2D eigenvalue weighted by atomic mass is 9.90. The van der Waals surface area contributed by atoms with Crippen LogP contribution in [0.1, 0.15) is 28.3 Å². The van der Waals surface area contributed by atoms with Crippen molar-refractivity contribution in [1.29, 1.82) is 0 Å². The van der Waals surface area contributed by atoms with E-state index in [9.17, 15) is 0 Å². The summed E-state index contributed by atoms with van der Waals surface area (Å²) >= 11 is 0. The van der Waals surface area contributed by atoms with E-state index in [1.165, 1.54) is 39.1 Å². The first-order valence-corrected chi connectivity index (χ1v) is 9.10. The van der Waals surface area contributed by atoms with E-state index in [4.69, 9.17) is 0 Å². The molecular formula is C25H23N. The first-order chi connectivity index (χ1) is 12.7. The second-order valence-corrected chi connectivity index (χ2v) is 6.79. The van der Waals surface area contributed by atoms with Crippen molar-refractivity contribution in [2.24, 2.45) is 0 Å². The Labute approximate surface area is 155 Å². The van der Waals surface area contributed by atoms with Gasteiger partial charge in [0.1, 0.15) is 0 Å². The van der Waals surface area contributed by atoms with E-state index in [-0.39, 0.29) is 6.04 Å². The van der Waals surface area contributed by atoms with E-state index in [0.717, 1.165) is 0 Å². The summed E-state index contributed by atoms with van der Waals surface area (Å²) in [5.41, 5.74) is 8.97. The SMILES string of the molecule is Cc1ccccc1-c1cccc(C2C=CC=C(c3ccccc3)N2)c1C. The third-order valence-corrected chi connectivity index (χ3v) is 5.11. The topological polar surface area (TPSA) is 12.0 Å². The largest absolute Gasteiger partial charge is 0.374 e. The van der Waals surface area contributed by atoms with Crippen molar-refractivity contribution < 1.29 is 0 Å². The summed E-state index contributed by atoms with van der Waals surface area (Å²) in [7, 11) is 0. The van der Waals surface area contributed by atoms with Gasteiger partial charge in [-0.25, -0.2) is 0 Å². The van der Waals surface area contributed by atoms with Gasteiger partial charge < -0.3 is 5.32 Å². The van der Waals surface area contributed by atoms with Crippen LogP contribution in [0.2, 0.25) is 0 Å². The van der Waals surface area contributed by atoms with E-state index in [2.05, 4.69) is 110 Å². The molecule has 1 nitrogen and oxygen atoms in total. The minimum atomic E-state index is 0.180. The Kier molecular flexibility index (Phi) is 4.45. The molecule has 0 saturated carbocycles. The van der Waals surface area contributed by atoms with Crippen LogP contribution in [0.5, 0.6) is 0 Å². The highest BCUT2D eigenvalue weighted by molar-refractivity contribution is 5.73. The van der Waals surface area contributed by atoms with Gasteiger partial charge >= 0.3 is 0 Å². The Bertz CT molecular complexity index is 980. The van der Waals surface area contributed by atoms with Crippen LogP contribution in [-0.2, 0) is 0 Å². The van der Waals surface area contributed by atoms with Crippen molar-refractivity contribution in [3.8, 4) is 11.1 Å². The number of allylic oxidation sites excluding steroid dienone is 2. The highest BCUT2D eigenvalue weighted by Crippen LogP contribution is 2.33. The van der Waals surface area contributed by atoms with Gasteiger partial charge in [-0.2, -0.15) is 0 Å². The zero-order valence-electron chi connectivity index (χ0n) is 15.2. The second kappa shape index (κ2) is 7.05. The maximum Gasteiger partial charge on any atom is 0.0704 e. The van der Waals surface area contributed by atoms with Gasteiger partial charge in [-0.1, -0.05) is 84.9 Å². The summed E-state index contributed by atoms with van der Waals surface area (Å²) in [6.07, 6.45) is 6.53. The van der Waals surface area contributed by atoms with Gasteiger partial charge in [0.15, 0.2) is 0 Å². The van der Waals surface area contributed by atoms with E-state index >= 15 is 0 Å².